The third-order valence-electron chi connectivity index (χ3n) is 10.3. The van der Waals surface area contributed by atoms with Gasteiger partial charge in [-0.1, -0.05) is 19.0 Å². The van der Waals surface area contributed by atoms with E-state index < -0.39 is 13.4 Å². The van der Waals surface area contributed by atoms with E-state index in [1.54, 1.807) is 0 Å². The molecule has 4 aliphatic rings. The van der Waals surface area contributed by atoms with Crippen molar-refractivity contribution in [2.24, 2.45) is 34.5 Å². The fourth-order valence-electron chi connectivity index (χ4n) is 8.63. The average Bonchev–Trinajstić information content (AvgIpc) is 3.30. The lowest BCUT2D eigenvalue weighted by atomic mass is 9.44. The maximum Gasteiger partial charge on any atom is 0.470 e. The van der Waals surface area contributed by atoms with E-state index in [-0.39, 0.29) is 12.0 Å². The zero-order valence-electron chi connectivity index (χ0n) is 19.5. The largest absolute Gasteiger partial charge is 0.470 e. The van der Waals surface area contributed by atoms with Crippen molar-refractivity contribution >= 4 is 7.82 Å². The molecular formula is C24H38NO6P. The van der Waals surface area contributed by atoms with Crippen LogP contribution >= 0.6 is 7.82 Å². The topological polar surface area (TPSA) is 113 Å². The molecule has 0 aliphatic heterocycles. The van der Waals surface area contributed by atoms with Gasteiger partial charge in [-0.05, 0) is 99.2 Å². The summed E-state index contributed by atoms with van der Waals surface area (Å²) in [6, 6.07) is 1.83. The van der Waals surface area contributed by atoms with Crippen LogP contribution in [0.15, 0.2) is 10.6 Å². The Labute approximate surface area is 190 Å². The summed E-state index contributed by atoms with van der Waals surface area (Å²) in [6.45, 7) is 6.71. The van der Waals surface area contributed by atoms with Crippen molar-refractivity contribution in [2.75, 3.05) is 0 Å². The minimum absolute atomic E-state index is 0.183. The molecule has 8 atom stereocenters. The summed E-state index contributed by atoms with van der Waals surface area (Å²) >= 11 is 0. The van der Waals surface area contributed by atoms with Crippen LogP contribution in [0.1, 0.15) is 95.9 Å². The van der Waals surface area contributed by atoms with Gasteiger partial charge in [0.15, 0.2) is 5.76 Å². The van der Waals surface area contributed by atoms with Crippen LogP contribution in [0.5, 0.6) is 0 Å². The fraction of sp³-hybridized carbons (Fsp3) is 0.875. The number of hydrogen-bond acceptors (Lipinski definition) is 5. The van der Waals surface area contributed by atoms with Gasteiger partial charge in [-0.25, -0.2) is 4.57 Å². The Morgan fingerprint density at radius 3 is 2.56 bits per heavy atom. The molecule has 180 valence electrons. The molecule has 8 heteroatoms. The normalized spacial score (nSPS) is 46.4. The van der Waals surface area contributed by atoms with E-state index in [4.69, 9.17) is 14.3 Å². The standard InChI is InChI=1S/C24H38NO6P/c1-22(26)10-11-23(2)15(13-22)4-5-17-18-6-7-20(24(18,3)9-8-19(17)23)21-12-16(31-25-21)14-30-32(27,28)29/h12,15,17-20,26H,4-11,13-14H2,1-3H3,(H2,27,28,29)/t15?,17?,18?,19?,20-,22-,23+,24+/m1/s1. The van der Waals surface area contributed by atoms with Crippen molar-refractivity contribution in [3.05, 3.63) is 17.5 Å². The van der Waals surface area contributed by atoms with Gasteiger partial charge in [0.25, 0.3) is 0 Å². The van der Waals surface area contributed by atoms with Crippen molar-refractivity contribution in [1.29, 1.82) is 0 Å². The van der Waals surface area contributed by atoms with E-state index in [9.17, 15) is 9.67 Å². The van der Waals surface area contributed by atoms with Crippen LogP contribution in [0, 0.1) is 34.5 Å². The van der Waals surface area contributed by atoms with Gasteiger partial charge in [-0.2, -0.15) is 0 Å². The monoisotopic (exact) mass is 467 g/mol. The molecule has 1 aromatic heterocycles. The van der Waals surface area contributed by atoms with Gasteiger partial charge in [0.2, 0.25) is 0 Å². The quantitative estimate of drug-likeness (QED) is 0.524. The second kappa shape index (κ2) is 7.64. The highest BCUT2D eigenvalue weighted by Crippen LogP contribution is 2.69. The lowest BCUT2D eigenvalue weighted by Crippen LogP contribution is -2.55. The molecule has 0 aromatic carbocycles. The molecule has 0 spiro atoms. The predicted octanol–water partition coefficient (Wildman–Crippen LogP) is 5.16. The molecule has 4 aliphatic carbocycles. The molecule has 1 aromatic rings. The summed E-state index contributed by atoms with van der Waals surface area (Å²) in [5, 5.41) is 15.0. The molecule has 1 heterocycles. The number of rotatable bonds is 4. The van der Waals surface area contributed by atoms with Gasteiger partial charge in [-0.3, -0.25) is 4.52 Å². The molecule has 4 fully saturated rings. The molecule has 3 N–H and O–H groups in total. The number of hydrogen-bond donors (Lipinski definition) is 3. The second-order valence-corrected chi connectivity index (χ2v) is 13.3. The van der Waals surface area contributed by atoms with E-state index in [0.29, 0.717) is 28.9 Å². The van der Waals surface area contributed by atoms with Crippen LogP contribution in [-0.2, 0) is 15.7 Å². The van der Waals surface area contributed by atoms with Gasteiger partial charge >= 0.3 is 7.82 Å². The van der Waals surface area contributed by atoms with Crippen LogP contribution in [0.25, 0.3) is 0 Å². The molecule has 0 bridgehead atoms. The summed E-state index contributed by atoms with van der Waals surface area (Å²) in [5.41, 5.74) is 0.951. The van der Waals surface area contributed by atoms with Crippen LogP contribution in [-0.4, -0.2) is 25.7 Å². The zero-order valence-corrected chi connectivity index (χ0v) is 20.4. The Morgan fingerprint density at radius 2 is 1.81 bits per heavy atom. The zero-order chi connectivity index (χ0) is 22.9. The van der Waals surface area contributed by atoms with Crippen molar-refractivity contribution < 1.29 is 28.5 Å². The highest BCUT2D eigenvalue weighted by atomic mass is 31.2. The number of fused-ring (bicyclic) bond motifs is 5. The van der Waals surface area contributed by atoms with Crippen molar-refractivity contribution in [3.8, 4) is 0 Å². The van der Waals surface area contributed by atoms with Gasteiger partial charge in [-0.15, -0.1) is 0 Å². The molecule has 5 rings (SSSR count). The first-order valence-corrected chi connectivity index (χ1v) is 13.8. The summed E-state index contributed by atoms with van der Waals surface area (Å²) in [5.74, 6) is 3.50. The van der Waals surface area contributed by atoms with Crippen molar-refractivity contribution in [2.45, 2.75) is 96.7 Å². The number of nitrogens with zero attached hydrogens (tertiary/aromatic N) is 1. The van der Waals surface area contributed by atoms with Gasteiger partial charge in [0, 0.05) is 12.0 Å². The first-order chi connectivity index (χ1) is 14.9. The predicted molar refractivity (Wildman–Crippen MR) is 118 cm³/mol. The van der Waals surface area contributed by atoms with Crippen LogP contribution < -0.4 is 0 Å². The molecule has 4 unspecified atom stereocenters. The van der Waals surface area contributed by atoms with Gasteiger partial charge in [0.05, 0.1) is 11.3 Å². The molecule has 7 nitrogen and oxygen atoms in total. The summed E-state index contributed by atoms with van der Waals surface area (Å²) in [4.78, 5) is 17.9. The lowest BCUT2D eigenvalue weighted by Gasteiger charge is -2.61. The molecule has 0 amide bonds. The Balaban J connectivity index is 1.34. The number of aromatic nitrogens is 1. The van der Waals surface area contributed by atoms with Gasteiger partial charge < -0.3 is 19.4 Å². The number of phosphoric ester groups is 1. The maximum atomic E-state index is 11.0. The minimum atomic E-state index is -4.53. The summed E-state index contributed by atoms with van der Waals surface area (Å²) < 4.78 is 21.0. The Morgan fingerprint density at radius 1 is 1.06 bits per heavy atom. The molecule has 32 heavy (non-hydrogen) atoms. The maximum absolute atomic E-state index is 11.0. The highest BCUT2D eigenvalue weighted by Gasteiger charge is 2.61. The Hall–Kier alpha value is -0.720. The van der Waals surface area contributed by atoms with Crippen LogP contribution in [0.4, 0.5) is 0 Å². The molecule has 0 radical (unpaired) electrons. The first kappa shape index (κ1) is 23.0. The highest BCUT2D eigenvalue weighted by molar-refractivity contribution is 7.46. The number of aliphatic hydroxyl groups is 1. The van der Waals surface area contributed by atoms with E-state index in [0.717, 1.165) is 43.2 Å². The van der Waals surface area contributed by atoms with Crippen molar-refractivity contribution in [1.82, 2.24) is 5.16 Å². The van der Waals surface area contributed by atoms with Crippen LogP contribution in [0.2, 0.25) is 0 Å². The average molecular weight is 468 g/mol. The fourth-order valence-corrected chi connectivity index (χ4v) is 8.92. The van der Waals surface area contributed by atoms with Crippen LogP contribution in [0.3, 0.4) is 0 Å². The van der Waals surface area contributed by atoms with E-state index >= 15 is 0 Å². The third kappa shape index (κ3) is 3.82. The minimum Gasteiger partial charge on any atom is -0.390 e. The lowest BCUT2D eigenvalue weighted by molar-refractivity contribution is -0.143. The van der Waals surface area contributed by atoms with E-state index in [2.05, 4.69) is 23.5 Å². The molecular weight excluding hydrogens is 429 g/mol. The van der Waals surface area contributed by atoms with Crippen molar-refractivity contribution in [3.63, 3.8) is 0 Å². The Kier molecular flexibility index (Phi) is 5.50. The second-order valence-electron chi connectivity index (χ2n) is 12.0. The first-order valence-electron chi connectivity index (χ1n) is 12.3. The molecule has 4 saturated carbocycles. The van der Waals surface area contributed by atoms with E-state index in [1.807, 2.05) is 13.0 Å². The summed E-state index contributed by atoms with van der Waals surface area (Å²) in [6.07, 6.45) is 10.3. The third-order valence-corrected chi connectivity index (χ3v) is 10.7. The smallest absolute Gasteiger partial charge is 0.390 e. The van der Waals surface area contributed by atoms with Gasteiger partial charge in [0.1, 0.15) is 6.61 Å². The van der Waals surface area contributed by atoms with E-state index in [1.165, 1.54) is 32.1 Å². The Bertz CT molecular complexity index is 910. The SMILES string of the molecule is C[C@@]1(O)CC[C@@]2(C)C(CCC3C2CC[C@@]2(C)C3CC[C@@H]2c2cc(COP(=O)(O)O)on2)C1. The summed E-state index contributed by atoms with van der Waals surface area (Å²) in [7, 11) is -4.53. The molecule has 0 saturated heterocycles. The number of phosphoric acid groups is 1.